The third kappa shape index (κ3) is 6.42. The van der Waals surface area contributed by atoms with Crippen molar-refractivity contribution in [2.24, 2.45) is 7.05 Å². The lowest BCUT2D eigenvalue weighted by atomic mass is 10.1. The van der Waals surface area contributed by atoms with Crippen molar-refractivity contribution in [1.29, 1.82) is 0 Å². The van der Waals surface area contributed by atoms with Gasteiger partial charge in [-0.1, -0.05) is 48.2 Å². The van der Waals surface area contributed by atoms with Crippen molar-refractivity contribution in [1.82, 2.24) is 14.8 Å². The van der Waals surface area contributed by atoms with E-state index in [0.717, 1.165) is 5.56 Å². The van der Waals surface area contributed by atoms with Gasteiger partial charge in [0.15, 0.2) is 16.8 Å². The summed E-state index contributed by atoms with van der Waals surface area (Å²) < 4.78 is 1.79. The first-order chi connectivity index (χ1) is 17.0. The molecule has 0 unspecified atom stereocenters. The van der Waals surface area contributed by atoms with Crippen LogP contribution in [0.2, 0.25) is 0 Å². The molecule has 0 atom stereocenters. The van der Waals surface area contributed by atoms with Gasteiger partial charge >= 0.3 is 0 Å². The van der Waals surface area contributed by atoms with Crippen LogP contribution in [-0.4, -0.2) is 38.1 Å². The highest BCUT2D eigenvalue weighted by Gasteiger charge is 2.15. The Morgan fingerprint density at radius 2 is 1.43 bits per heavy atom. The molecule has 0 fully saturated rings. The molecular weight excluding hydrogens is 462 g/mol. The number of thioether (sulfide) groups is 1. The number of hydrogen-bond acceptors (Lipinski definition) is 6. The number of benzene rings is 3. The van der Waals surface area contributed by atoms with Crippen LogP contribution in [-0.2, 0) is 16.6 Å². The molecule has 3 aromatic carbocycles. The standard InChI is InChI=1S/C26H23N5O3S/c1-31-24(18-12-14-21(15-13-18)28-25(34)19-8-4-2-5-9-19)29-30-26(31)35-17-22(32)16-23(33)27-20-10-6-3-7-11-20/h2-15H,16-17H2,1H3,(H,27,33)(H,28,34). The fourth-order valence-electron chi connectivity index (χ4n) is 3.29. The lowest BCUT2D eigenvalue weighted by Crippen LogP contribution is -2.17. The van der Waals surface area contributed by atoms with Crippen LogP contribution < -0.4 is 10.6 Å². The van der Waals surface area contributed by atoms with E-state index in [1.165, 1.54) is 11.8 Å². The molecule has 4 aromatic rings. The molecular formula is C26H23N5O3S. The quantitative estimate of drug-likeness (QED) is 0.268. The molecule has 1 heterocycles. The van der Waals surface area contributed by atoms with Gasteiger partial charge in [-0.25, -0.2) is 0 Å². The lowest BCUT2D eigenvalue weighted by molar-refractivity contribution is -0.123. The molecule has 0 saturated heterocycles. The normalized spacial score (nSPS) is 10.5. The summed E-state index contributed by atoms with van der Waals surface area (Å²) in [4.78, 5) is 36.6. The second-order valence-electron chi connectivity index (χ2n) is 7.68. The summed E-state index contributed by atoms with van der Waals surface area (Å²) in [6.07, 6.45) is -0.206. The molecule has 0 aliphatic carbocycles. The molecule has 0 radical (unpaired) electrons. The van der Waals surface area contributed by atoms with Gasteiger partial charge in [0, 0.05) is 29.5 Å². The number of carbonyl (C=O) groups excluding carboxylic acids is 3. The zero-order valence-electron chi connectivity index (χ0n) is 19.0. The second-order valence-corrected chi connectivity index (χ2v) is 8.62. The van der Waals surface area contributed by atoms with Crippen LogP contribution in [0.25, 0.3) is 11.4 Å². The maximum atomic E-state index is 12.3. The van der Waals surface area contributed by atoms with E-state index in [4.69, 9.17) is 0 Å². The molecule has 0 spiro atoms. The first kappa shape index (κ1) is 23.9. The number of aromatic nitrogens is 3. The Hall–Kier alpha value is -4.24. The van der Waals surface area contributed by atoms with E-state index in [9.17, 15) is 14.4 Å². The van der Waals surface area contributed by atoms with Gasteiger partial charge in [-0.3, -0.25) is 14.4 Å². The number of hydrogen-bond donors (Lipinski definition) is 2. The summed E-state index contributed by atoms with van der Waals surface area (Å²) in [5.74, 6) is 0.00505. The van der Waals surface area contributed by atoms with Crippen molar-refractivity contribution in [3.63, 3.8) is 0 Å². The molecule has 0 saturated carbocycles. The van der Waals surface area contributed by atoms with Crippen LogP contribution >= 0.6 is 11.8 Å². The summed E-state index contributed by atoms with van der Waals surface area (Å²) in [7, 11) is 1.81. The maximum absolute atomic E-state index is 12.3. The van der Waals surface area contributed by atoms with Gasteiger partial charge < -0.3 is 15.2 Å². The van der Waals surface area contributed by atoms with Crippen molar-refractivity contribution in [3.05, 3.63) is 90.5 Å². The second kappa shape index (κ2) is 11.3. The Morgan fingerprint density at radius 1 is 0.800 bits per heavy atom. The van der Waals surface area contributed by atoms with E-state index < -0.39 is 0 Å². The molecule has 4 rings (SSSR count). The average molecular weight is 486 g/mol. The van der Waals surface area contributed by atoms with E-state index in [-0.39, 0.29) is 29.8 Å². The highest BCUT2D eigenvalue weighted by atomic mass is 32.2. The topological polar surface area (TPSA) is 106 Å². The molecule has 2 amide bonds. The van der Waals surface area contributed by atoms with Crippen LogP contribution in [0.15, 0.2) is 90.1 Å². The molecule has 1 aromatic heterocycles. The third-order valence-electron chi connectivity index (χ3n) is 5.05. The Bertz CT molecular complexity index is 1320. The van der Waals surface area contributed by atoms with Gasteiger partial charge in [-0.15, -0.1) is 10.2 Å². The number of rotatable bonds is 9. The van der Waals surface area contributed by atoms with E-state index in [2.05, 4.69) is 20.8 Å². The fraction of sp³-hybridized carbons (Fsp3) is 0.115. The van der Waals surface area contributed by atoms with Crippen molar-refractivity contribution >= 4 is 40.7 Å². The van der Waals surface area contributed by atoms with E-state index >= 15 is 0 Å². The minimum Gasteiger partial charge on any atom is -0.326 e. The molecule has 35 heavy (non-hydrogen) atoms. The Labute approximate surface area is 206 Å². The van der Waals surface area contributed by atoms with E-state index in [1.807, 2.05) is 55.6 Å². The Kier molecular flexibility index (Phi) is 7.69. The molecule has 2 N–H and O–H groups in total. The van der Waals surface area contributed by atoms with Gasteiger partial charge in [-0.2, -0.15) is 0 Å². The SMILES string of the molecule is Cn1c(SCC(=O)CC(=O)Nc2ccccc2)nnc1-c1ccc(NC(=O)c2ccccc2)cc1. The van der Waals surface area contributed by atoms with Gasteiger partial charge in [0.05, 0.1) is 12.2 Å². The maximum Gasteiger partial charge on any atom is 0.255 e. The minimum absolute atomic E-state index is 0.110. The van der Waals surface area contributed by atoms with Crippen LogP contribution in [0.3, 0.4) is 0 Å². The minimum atomic E-state index is -0.347. The largest absolute Gasteiger partial charge is 0.326 e. The molecule has 8 nitrogen and oxygen atoms in total. The number of ketones is 1. The lowest BCUT2D eigenvalue weighted by Gasteiger charge is -2.07. The summed E-state index contributed by atoms with van der Waals surface area (Å²) in [6.45, 7) is 0. The van der Waals surface area contributed by atoms with E-state index in [0.29, 0.717) is 27.9 Å². The van der Waals surface area contributed by atoms with Crippen molar-refractivity contribution < 1.29 is 14.4 Å². The van der Waals surface area contributed by atoms with Crippen LogP contribution in [0, 0.1) is 0 Å². The summed E-state index contributed by atoms with van der Waals surface area (Å²) in [6, 6.07) is 25.3. The number of Topliss-reactive ketones (excluding diaryl/α,β-unsaturated/α-hetero) is 1. The Morgan fingerprint density at radius 3 is 2.11 bits per heavy atom. The predicted octanol–water partition coefficient (Wildman–Crippen LogP) is 4.42. The zero-order valence-corrected chi connectivity index (χ0v) is 19.8. The first-order valence-corrected chi connectivity index (χ1v) is 11.8. The highest BCUT2D eigenvalue weighted by molar-refractivity contribution is 7.99. The van der Waals surface area contributed by atoms with Crippen LogP contribution in [0.5, 0.6) is 0 Å². The van der Waals surface area contributed by atoms with Gasteiger partial charge in [-0.05, 0) is 48.5 Å². The van der Waals surface area contributed by atoms with Crippen molar-refractivity contribution in [2.45, 2.75) is 11.6 Å². The van der Waals surface area contributed by atoms with Crippen LogP contribution in [0.4, 0.5) is 11.4 Å². The Balaban J connectivity index is 1.31. The average Bonchev–Trinajstić information content (AvgIpc) is 3.24. The summed E-state index contributed by atoms with van der Waals surface area (Å²) in [5, 5.41) is 14.5. The number of nitrogens with one attached hydrogen (secondary N) is 2. The fourth-order valence-corrected chi connectivity index (χ4v) is 4.06. The summed E-state index contributed by atoms with van der Waals surface area (Å²) in [5.41, 5.74) is 2.72. The summed E-state index contributed by atoms with van der Waals surface area (Å²) >= 11 is 1.23. The number of amides is 2. The highest BCUT2D eigenvalue weighted by Crippen LogP contribution is 2.24. The van der Waals surface area contributed by atoms with Gasteiger partial charge in [0.25, 0.3) is 5.91 Å². The first-order valence-electron chi connectivity index (χ1n) is 10.9. The molecule has 0 aliphatic heterocycles. The number of nitrogens with zero attached hydrogens (tertiary/aromatic N) is 3. The van der Waals surface area contributed by atoms with Crippen LogP contribution in [0.1, 0.15) is 16.8 Å². The zero-order chi connectivity index (χ0) is 24.6. The molecule has 176 valence electrons. The van der Waals surface area contributed by atoms with Gasteiger partial charge in [0.1, 0.15) is 0 Å². The number of para-hydroxylation sites is 1. The monoisotopic (exact) mass is 485 g/mol. The predicted molar refractivity (Wildman–Crippen MR) is 136 cm³/mol. The number of carbonyl (C=O) groups is 3. The molecule has 0 aliphatic rings. The van der Waals surface area contributed by atoms with Gasteiger partial charge in [0.2, 0.25) is 5.91 Å². The molecule has 9 heteroatoms. The smallest absolute Gasteiger partial charge is 0.255 e. The van der Waals surface area contributed by atoms with Crippen molar-refractivity contribution in [2.75, 3.05) is 16.4 Å². The molecule has 0 bridgehead atoms. The number of anilines is 2. The van der Waals surface area contributed by atoms with Crippen molar-refractivity contribution in [3.8, 4) is 11.4 Å². The third-order valence-corrected chi connectivity index (χ3v) is 6.13. The van der Waals surface area contributed by atoms with E-state index in [1.54, 1.807) is 41.0 Å².